The summed E-state index contributed by atoms with van der Waals surface area (Å²) in [5, 5.41) is 18.8. The fourth-order valence-corrected chi connectivity index (χ4v) is 2.08. The standard InChI is InChI=1S/C10H12F3NO2.C2H6/c1-5-7(10(11,12)13)2-6-3-8(15)9(16)4-14(5)6;1-2/h2,8-9,15-16H,3-4H2,1H3;1-2H3. The SMILES string of the molecule is CC.Cc1c(C(F)(F)F)cc2n1CC(O)C(O)C2. The Labute approximate surface area is 104 Å². The Morgan fingerprint density at radius 2 is 1.78 bits per heavy atom. The van der Waals surface area contributed by atoms with E-state index in [0.29, 0.717) is 5.69 Å². The van der Waals surface area contributed by atoms with Gasteiger partial charge in [-0.3, -0.25) is 0 Å². The minimum absolute atomic E-state index is 0.0123. The van der Waals surface area contributed by atoms with Crippen molar-refractivity contribution in [3.63, 3.8) is 0 Å². The van der Waals surface area contributed by atoms with Crippen LogP contribution in [0.2, 0.25) is 0 Å². The summed E-state index contributed by atoms with van der Waals surface area (Å²) in [6, 6.07) is 1.05. The van der Waals surface area contributed by atoms with Gasteiger partial charge in [-0.05, 0) is 13.0 Å². The van der Waals surface area contributed by atoms with Gasteiger partial charge >= 0.3 is 6.18 Å². The molecule has 2 unspecified atom stereocenters. The van der Waals surface area contributed by atoms with Crippen molar-refractivity contribution in [1.29, 1.82) is 0 Å². The monoisotopic (exact) mass is 265 g/mol. The number of rotatable bonds is 0. The molecule has 0 spiro atoms. The predicted molar refractivity (Wildman–Crippen MR) is 61.2 cm³/mol. The normalized spacial score (nSPS) is 23.1. The van der Waals surface area contributed by atoms with Crippen LogP contribution in [0.4, 0.5) is 13.2 Å². The van der Waals surface area contributed by atoms with Crippen molar-refractivity contribution in [2.45, 2.75) is 52.1 Å². The van der Waals surface area contributed by atoms with Crippen molar-refractivity contribution >= 4 is 0 Å². The predicted octanol–water partition coefficient (Wildman–Crippen LogP) is 2.12. The van der Waals surface area contributed by atoms with Gasteiger partial charge in [0.1, 0.15) is 0 Å². The molecule has 0 saturated carbocycles. The minimum Gasteiger partial charge on any atom is -0.390 e. The molecule has 6 heteroatoms. The molecule has 104 valence electrons. The number of aromatic nitrogens is 1. The average molecular weight is 265 g/mol. The number of nitrogens with zero attached hydrogens (tertiary/aromatic N) is 1. The van der Waals surface area contributed by atoms with E-state index in [0.717, 1.165) is 6.07 Å². The molecule has 2 atom stereocenters. The van der Waals surface area contributed by atoms with Crippen molar-refractivity contribution in [2.24, 2.45) is 0 Å². The maximum absolute atomic E-state index is 12.6. The lowest BCUT2D eigenvalue weighted by Gasteiger charge is -2.26. The first kappa shape index (κ1) is 15.0. The minimum atomic E-state index is -4.38. The molecule has 2 rings (SSSR count). The third-order valence-electron chi connectivity index (χ3n) is 2.99. The van der Waals surface area contributed by atoms with E-state index >= 15 is 0 Å². The summed E-state index contributed by atoms with van der Waals surface area (Å²) in [6.45, 7) is 5.38. The molecule has 0 aromatic carbocycles. The van der Waals surface area contributed by atoms with Crippen molar-refractivity contribution < 1.29 is 23.4 Å². The lowest BCUT2D eigenvalue weighted by Crippen LogP contribution is -2.37. The van der Waals surface area contributed by atoms with E-state index in [-0.39, 0.29) is 18.7 Å². The van der Waals surface area contributed by atoms with Crippen LogP contribution < -0.4 is 0 Å². The summed E-state index contributed by atoms with van der Waals surface area (Å²) >= 11 is 0. The molecule has 0 bridgehead atoms. The number of aliphatic hydroxyl groups excluding tert-OH is 2. The van der Waals surface area contributed by atoms with Gasteiger partial charge in [0.05, 0.1) is 24.3 Å². The first-order valence-corrected chi connectivity index (χ1v) is 5.93. The van der Waals surface area contributed by atoms with Crippen LogP contribution in [-0.2, 0) is 19.1 Å². The molecular weight excluding hydrogens is 247 g/mol. The number of hydrogen-bond donors (Lipinski definition) is 2. The van der Waals surface area contributed by atoms with Crippen molar-refractivity contribution in [1.82, 2.24) is 4.57 Å². The molecule has 0 radical (unpaired) electrons. The molecule has 1 aromatic heterocycles. The largest absolute Gasteiger partial charge is 0.418 e. The Hall–Kier alpha value is -1.01. The molecule has 0 amide bonds. The van der Waals surface area contributed by atoms with Crippen molar-refractivity contribution in [2.75, 3.05) is 0 Å². The summed E-state index contributed by atoms with van der Waals surface area (Å²) in [4.78, 5) is 0. The smallest absolute Gasteiger partial charge is 0.390 e. The Morgan fingerprint density at radius 3 is 2.28 bits per heavy atom. The van der Waals surface area contributed by atoms with Crippen molar-refractivity contribution in [3.8, 4) is 0 Å². The van der Waals surface area contributed by atoms with E-state index in [1.807, 2.05) is 13.8 Å². The first-order valence-electron chi connectivity index (χ1n) is 5.93. The summed E-state index contributed by atoms with van der Waals surface area (Å²) in [5.41, 5.74) is -0.181. The highest BCUT2D eigenvalue weighted by Crippen LogP contribution is 2.35. The molecule has 1 aromatic rings. The quantitative estimate of drug-likeness (QED) is 0.754. The number of aliphatic hydroxyl groups is 2. The van der Waals surface area contributed by atoms with Gasteiger partial charge in [-0.2, -0.15) is 13.2 Å². The summed E-state index contributed by atoms with van der Waals surface area (Å²) in [6.07, 6.45) is -6.31. The molecule has 3 nitrogen and oxygen atoms in total. The number of halogens is 3. The van der Waals surface area contributed by atoms with Crippen LogP contribution >= 0.6 is 0 Å². The van der Waals surface area contributed by atoms with Gasteiger partial charge in [0.25, 0.3) is 0 Å². The first-order chi connectivity index (χ1) is 8.30. The zero-order chi connectivity index (χ0) is 14.1. The number of alkyl halides is 3. The van der Waals surface area contributed by atoms with Gasteiger partial charge in [-0.25, -0.2) is 0 Å². The number of hydrogen-bond acceptors (Lipinski definition) is 2. The maximum atomic E-state index is 12.6. The van der Waals surface area contributed by atoms with Gasteiger partial charge in [0.2, 0.25) is 0 Å². The van der Waals surface area contributed by atoms with Gasteiger partial charge in [0.15, 0.2) is 0 Å². The Kier molecular flexibility index (Phi) is 4.45. The molecule has 18 heavy (non-hydrogen) atoms. The van der Waals surface area contributed by atoms with Crippen LogP contribution in [0.1, 0.15) is 30.8 Å². The molecule has 0 saturated heterocycles. The topological polar surface area (TPSA) is 45.4 Å². The third kappa shape index (κ3) is 2.70. The van der Waals surface area contributed by atoms with Crippen LogP contribution in [0.15, 0.2) is 6.07 Å². The Balaban J connectivity index is 0.000000771. The van der Waals surface area contributed by atoms with Crippen LogP contribution in [0, 0.1) is 6.92 Å². The van der Waals surface area contributed by atoms with E-state index in [4.69, 9.17) is 0 Å². The van der Waals surface area contributed by atoms with Crippen LogP contribution in [-0.4, -0.2) is 27.0 Å². The van der Waals surface area contributed by atoms with Gasteiger partial charge < -0.3 is 14.8 Å². The molecular formula is C12H18F3NO2. The lowest BCUT2D eigenvalue weighted by molar-refractivity contribution is -0.138. The highest BCUT2D eigenvalue weighted by atomic mass is 19.4. The highest BCUT2D eigenvalue weighted by molar-refractivity contribution is 5.31. The summed E-state index contributed by atoms with van der Waals surface area (Å²) < 4.78 is 39.2. The zero-order valence-corrected chi connectivity index (χ0v) is 10.6. The second-order valence-corrected chi connectivity index (χ2v) is 4.08. The fraction of sp³-hybridized carbons (Fsp3) is 0.667. The molecule has 1 aliphatic rings. The molecule has 2 heterocycles. The van der Waals surface area contributed by atoms with E-state index in [2.05, 4.69) is 0 Å². The highest BCUT2D eigenvalue weighted by Gasteiger charge is 2.37. The third-order valence-corrected chi connectivity index (χ3v) is 2.99. The van der Waals surface area contributed by atoms with E-state index in [1.165, 1.54) is 11.5 Å². The molecule has 0 aliphatic carbocycles. The van der Waals surface area contributed by atoms with Crippen LogP contribution in [0.5, 0.6) is 0 Å². The fourth-order valence-electron chi connectivity index (χ4n) is 2.08. The maximum Gasteiger partial charge on any atom is 0.418 e. The molecule has 1 aliphatic heterocycles. The van der Waals surface area contributed by atoms with Gasteiger partial charge in [0, 0.05) is 17.8 Å². The summed E-state index contributed by atoms with van der Waals surface area (Å²) in [7, 11) is 0. The van der Waals surface area contributed by atoms with E-state index in [1.54, 1.807) is 0 Å². The van der Waals surface area contributed by atoms with Crippen LogP contribution in [0.25, 0.3) is 0 Å². The molecule has 2 N–H and O–H groups in total. The Morgan fingerprint density at radius 1 is 1.22 bits per heavy atom. The number of fused-ring (bicyclic) bond motifs is 1. The van der Waals surface area contributed by atoms with Gasteiger partial charge in [-0.1, -0.05) is 13.8 Å². The lowest BCUT2D eigenvalue weighted by atomic mass is 10.0. The molecule has 0 fully saturated rings. The van der Waals surface area contributed by atoms with Crippen molar-refractivity contribution in [3.05, 3.63) is 23.0 Å². The second kappa shape index (κ2) is 5.32. The second-order valence-electron chi connectivity index (χ2n) is 4.08. The average Bonchev–Trinajstić information content (AvgIpc) is 2.60. The van der Waals surface area contributed by atoms with E-state index < -0.39 is 23.9 Å². The van der Waals surface area contributed by atoms with E-state index in [9.17, 15) is 23.4 Å². The van der Waals surface area contributed by atoms with Gasteiger partial charge in [-0.15, -0.1) is 0 Å². The van der Waals surface area contributed by atoms with Crippen LogP contribution in [0.3, 0.4) is 0 Å². The Bertz CT molecular complexity index is 412. The summed E-state index contributed by atoms with van der Waals surface area (Å²) in [5.74, 6) is 0. The zero-order valence-electron chi connectivity index (χ0n) is 10.6.